The van der Waals surface area contributed by atoms with Crippen LogP contribution >= 0.6 is 15.9 Å². The molecule has 1 heterocycles. The van der Waals surface area contributed by atoms with Gasteiger partial charge in [0.05, 0.1) is 28.5 Å². The Kier molecular flexibility index (Phi) is 5.38. The number of nitrogens with two attached hydrogens (primary N) is 1. The second-order valence-electron chi connectivity index (χ2n) is 4.83. The van der Waals surface area contributed by atoms with Crippen molar-refractivity contribution in [2.45, 2.75) is 20.4 Å². The number of aromatic nitrogens is 2. The van der Waals surface area contributed by atoms with Gasteiger partial charge in [0, 0.05) is 0 Å². The zero-order valence-corrected chi connectivity index (χ0v) is 14.6. The second-order valence-corrected chi connectivity index (χ2v) is 5.63. The number of carbonyl (C=O) groups excluding carboxylic acids is 1. The standard InChI is InChI=1S/C15H17BrN4O3/c1-9-14(16)10(2)20(18-9)8-13(17)19-23-15(21)11-4-6-12(22-3)7-5-11/h4-7H,8H2,1-3H3,(H2,17,19). The van der Waals surface area contributed by atoms with Crippen LogP contribution in [-0.4, -0.2) is 28.7 Å². The Balaban J connectivity index is 2.00. The van der Waals surface area contributed by atoms with Gasteiger partial charge in [-0.3, -0.25) is 4.68 Å². The van der Waals surface area contributed by atoms with Gasteiger partial charge in [0.2, 0.25) is 0 Å². The van der Waals surface area contributed by atoms with E-state index < -0.39 is 5.97 Å². The minimum Gasteiger partial charge on any atom is -0.497 e. The lowest BCUT2D eigenvalue weighted by atomic mass is 10.2. The molecule has 1 aromatic carbocycles. The maximum Gasteiger partial charge on any atom is 0.365 e. The lowest BCUT2D eigenvalue weighted by molar-refractivity contribution is 0.0514. The lowest BCUT2D eigenvalue weighted by Gasteiger charge is -2.04. The van der Waals surface area contributed by atoms with E-state index in [0.717, 1.165) is 15.9 Å². The molecule has 2 N–H and O–H groups in total. The van der Waals surface area contributed by atoms with Gasteiger partial charge in [-0.25, -0.2) is 4.79 Å². The minimum atomic E-state index is -0.592. The first-order valence-electron chi connectivity index (χ1n) is 6.79. The first-order chi connectivity index (χ1) is 10.9. The number of hydrogen-bond donors (Lipinski definition) is 1. The second kappa shape index (κ2) is 7.28. The van der Waals surface area contributed by atoms with Gasteiger partial charge in [0.1, 0.15) is 12.3 Å². The molecule has 0 spiro atoms. The molecule has 0 amide bonds. The molecule has 2 aromatic rings. The maximum atomic E-state index is 11.9. The monoisotopic (exact) mass is 380 g/mol. The predicted octanol–water partition coefficient (Wildman–Crippen LogP) is 2.40. The number of amidine groups is 1. The fourth-order valence-electron chi connectivity index (χ4n) is 1.89. The van der Waals surface area contributed by atoms with E-state index in [2.05, 4.69) is 26.2 Å². The Bertz CT molecular complexity index is 738. The molecule has 2 rings (SSSR count). The third-order valence-corrected chi connectivity index (χ3v) is 4.32. The summed E-state index contributed by atoms with van der Waals surface area (Å²) >= 11 is 3.43. The van der Waals surface area contributed by atoms with Gasteiger partial charge in [-0.2, -0.15) is 5.10 Å². The number of benzene rings is 1. The average molecular weight is 381 g/mol. The Morgan fingerprint density at radius 3 is 2.52 bits per heavy atom. The summed E-state index contributed by atoms with van der Waals surface area (Å²) in [5.41, 5.74) is 7.91. The largest absolute Gasteiger partial charge is 0.497 e. The molecule has 0 unspecified atom stereocenters. The number of carbonyl (C=O) groups is 1. The van der Waals surface area contributed by atoms with E-state index in [1.165, 1.54) is 0 Å². The number of hydrogen-bond acceptors (Lipinski definition) is 5. The van der Waals surface area contributed by atoms with Gasteiger partial charge in [-0.05, 0) is 54.0 Å². The van der Waals surface area contributed by atoms with E-state index in [-0.39, 0.29) is 12.4 Å². The molecule has 7 nitrogen and oxygen atoms in total. The van der Waals surface area contributed by atoms with Crippen molar-refractivity contribution >= 4 is 27.7 Å². The predicted molar refractivity (Wildman–Crippen MR) is 89.4 cm³/mol. The average Bonchev–Trinajstić information content (AvgIpc) is 2.79. The molecule has 0 radical (unpaired) electrons. The molecule has 1 aromatic heterocycles. The smallest absolute Gasteiger partial charge is 0.365 e. The molecule has 0 aliphatic rings. The first kappa shape index (κ1) is 17.0. The summed E-state index contributed by atoms with van der Waals surface area (Å²) in [4.78, 5) is 16.7. The molecule has 0 aliphatic heterocycles. The SMILES string of the molecule is COc1ccc(C(=O)O/N=C(\N)Cn2nc(C)c(Br)c2C)cc1. The Morgan fingerprint density at radius 2 is 2.00 bits per heavy atom. The molecular weight excluding hydrogens is 364 g/mol. The number of aryl methyl sites for hydroxylation is 1. The van der Waals surface area contributed by atoms with Crippen molar-refractivity contribution in [3.8, 4) is 5.75 Å². The summed E-state index contributed by atoms with van der Waals surface area (Å²) in [5.74, 6) is 0.204. The maximum absolute atomic E-state index is 11.9. The number of ether oxygens (including phenoxy) is 1. The Morgan fingerprint density at radius 1 is 1.35 bits per heavy atom. The summed E-state index contributed by atoms with van der Waals surface area (Å²) < 4.78 is 7.62. The highest BCUT2D eigenvalue weighted by atomic mass is 79.9. The van der Waals surface area contributed by atoms with Gasteiger partial charge in [-0.15, -0.1) is 0 Å². The van der Waals surface area contributed by atoms with E-state index in [1.807, 2.05) is 13.8 Å². The van der Waals surface area contributed by atoms with Crippen molar-refractivity contribution in [1.82, 2.24) is 9.78 Å². The van der Waals surface area contributed by atoms with Crippen molar-refractivity contribution in [3.05, 3.63) is 45.7 Å². The van der Waals surface area contributed by atoms with Crippen LogP contribution < -0.4 is 10.5 Å². The van der Waals surface area contributed by atoms with Crippen LogP contribution in [0.25, 0.3) is 0 Å². The van der Waals surface area contributed by atoms with Gasteiger partial charge < -0.3 is 15.3 Å². The number of methoxy groups -OCH3 is 1. The molecule has 8 heteroatoms. The van der Waals surface area contributed by atoms with Crippen LogP contribution in [-0.2, 0) is 11.4 Å². The minimum absolute atomic E-state index is 0.143. The Hall–Kier alpha value is -2.35. The van der Waals surface area contributed by atoms with Crippen LogP contribution in [0.2, 0.25) is 0 Å². The number of nitrogens with zero attached hydrogens (tertiary/aromatic N) is 3. The molecule has 0 saturated heterocycles. The van der Waals surface area contributed by atoms with Crippen molar-refractivity contribution in [2.24, 2.45) is 10.9 Å². The third-order valence-electron chi connectivity index (χ3n) is 3.18. The number of rotatable bonds is 5. The van der Waals surface area contributed by atoms with Crippen LogP contribution in [0.3, 0.4) is 0 Å². The van der Waals surface area contributed by atoms with Crippen LogP contribution in [0.4, 0.5) is 0 Å². The van der Waals surface area contributed by atoms with Crippen LogP contribution in [0.5, 0.6) is 5.75 Å². The molecule has 0 bridgehead atoms. The quantitative estimate of drug-likeness (QED) is 0.372. The van der Waals surface area contributed by atoms with Crippen LogP contribution in [0.1, 0.15) is 21.7 Å². The first-order valence-corrected chi connectivity index (χ1v) is 7.59. The van der Waals surface area contributed by atoms with Crippen LogP contribution in [0, 0.1) is 13.8 Å². The highest BCUT2D eigenvalue weighted by Gasteiger charge is 2.11. The number of halogens is 1. The lowest BCUT2D eigenvalue weighted by Crippen LogP contribution is -2.22. The molecule has 0 fully saturated rings. The van der Waals surface area contributed by atoms with Crippen molar-refractivity contribution in [3.63, 3.8) is 0 Å². The van der Waals surface area contributed by atoms with E-state index in [1.54, 1.807) is 36.1 Å². The fourth-order valence-corrected chi connectivity index (χ4v) is 2.18. The molecule has 0 aliphatic carbocycles. The van der Waals surface area contributed by atoms with Crippen molar-refractivity contribution in [2.75, 3.05) is 7.11 Å². The van der Waals surface area contributed by atoms with E-state index in [0.29, 0.717) is 11.3 Å². The normalized spacial score (nSPS) is 11.4. The van der Waals surface area contributed by atoms with Gasteiger partial charge >= 0.3 is 5.97 Å². The zero-order chi connectivity index (χ0) is 17.0. The summed E-state index contributed by atoms with van der Waals surface area (Å²) in [6, 6.07) is 6.50. The summed E-state index contributed by atoms with van der Waals surface area (Å²) in [6.45, 7) is 4.01. The van der Waals surface area contributed by atoms with E-state index in [4.69, 9.17) is 15.3 Å². The molecule has 0 saturated carbocycles. The fraction of sp³-hybridized carbons (Fsp3) is 0.267. The molecule has 23 heavy (non-hydrogen) atoms. The van der Waals surface area contributed by atoms with Crippen molar-refractivity contribution < 1.29 is 14.4 Å². The van der Waals surface area contributed by atoms with Gasteiger partial charge in [0.15, 0.2) is 5.84 Å². The van der Waals surface area contributed by atoms with Crippen LogP contribution in [0.15, 0.2) is 33.9 Å². The third kappa shape index (κ3) is 4.10. The van der Waals surface area contributed by atoms with Gasteiger partial charge in [0.25, 0.3) is 0 Å². The van der Waals surface area contributed by atoms with Crippen molar-refractivity contribution in [1.29, 1.82) is 0 Å². The van der Waals surface area contributed by atoms with Gasteiger partial charge in [-0.1, -0.05) is 5.16 Å². The zero-order valence-electron chi connectivity index (χ0n) is 13.0. The number of oxime groups is 1. The molecule has 122 valence electrons. The molecular formula is C15H17BrN4O3. The van der Waals surface area contributed by atoms with E-state index >= 15 is 0 Å². The van der Waals surface area contributed by atoms with E-state index in [9.17, 15) is 4.79 Å². The highest BCUT2D eigenvalue weighted by Crippen LogP contribution is 2.19. The molecule has 0 atom stereocenters. The Labute approximate surface area is 142 Å². The topological polar surface area (TPSA) is 91.7 Å². The summed E-state index contributed by atoms with van der Waals surface area (Å²) in [6.07, 6.45) is 0. The highest BCUT2D eigenvalue weighted by molar-refractivity contribution is 9.10. The summed E-state index contributed by atoms with van der Waals surface area (Å²) in [5, 5.41) is 7.96. The summed E-state index contributed by atoms with van der Waals surface area (Å²) in [7, 11) is 1.55.